The summed E-state index contributed by atoms with van der Waals surface area (Å²) in [5, 5.41) is 0. The van der Waals surface area contributed by atoms with Crippen molar-refractivity contribution >= 4 is 16.9 Å². The van der Waals surface area contributed by atoms with E-state index in [1.54, 1.807) is 0 Å². The third-order valence-electron chi connectivity index (χ3n) is 5.62. The maximum absolute atomic E-state index is 13.1. The van der Waals surface area contributed by atoms with Crippen molar-refractivity contribution in [1.82, 2.24) is 19.4 Å². The minimum Gasteiger partial charge on any atom is -0.349 e. The van der Waals surface area contributed by atoms with Gasteiger partial charge in [-0.25, -0.2) is 4.98 Å². The van der Waals surface area contributed by atoms with Gasteiger partial charge in [0.2, 0.25) is 0 Å². The van der Waals surface area contributed by atoms with Crippen LogP contribution in [0.25, 0.3) is 11.0 Å². The lowest BCUT2D eigenvalue weighted by Gasteiger charge is -2.32. The van der Waals surface area contributed by atoms with E-state index in [1.807, 2.05) is 36.1 Å². The molecule has 5 heteroatoms. The molecule has 0 spiro atoms. The molecule has 1 amide bonds. The van der Waals surface area contributed by atoms with Crippen molar-refractivity contribution in [2.24, 2.45) is 0 Å². The van der Waals surface area contributed by atoms with Gasteiger partial charge in [-0.15, -0.1) is 0 Å². The molecule has 1 fully saturated rings. The van der Waals surface area contributed by atoms with Crippen LogP contribution in [0, 0.1) is 13.8 Å². The molecule has 1 aromatic carbocycles. The summed E-state index contributed by atoms with van der Waals surface area (Å²) in [6.07, 6.45) is 2.08. The standard InChI is InChI=1S/C21H26N4O/c1-4-25-14(2)12-17(15(25)3)21(26)24-11-7-8-16(13-24)20-22-18-9-5-6-10-19(18)23-20/h5-6,9-10,12,16H,4,7-8,11,13H2,1-3H3,(H,22,23)/t16-/m0/s1. The molecular weight excluding hydrogens is 324 g/mol. The number of amides is 1. The number of fused-ring (bicyclic) bond motifs is 1. The Hall–Kier alpha value is -2.56. The zero-order chi connectivity index (χ0) is 18.3. The van der Waals surface area contributed by atoms with Crippen LogP contribution in [0.2, 0.25) is 0 Å². The fourth-order valence-corrected chi connectivity index (χ4v) is 4.23. The largest absolute Gasteiger partial charge is 0.349 e. The monoisotopic (exact) mass is 350 g/mol. The summed E-state index contributed by atoms with van der Waals surface area (Å²) in [5.74, 6) is 1.43. The van der Waals surface area contributed by atoms with Gasteiger partial charge < -0.3 is 14.5 Å². The first-order valence-corrected chi connectivity index (χ1v) is 9.49. The SMILES string of the molecule is CCn1c(C)cc(C(=O)N2CCC[C@H](c3nc4ccccc4[nH]3)C2)c1C. The van der Waals surface area contributed by atoms with Gasteiger partial charge in [0.25, 0.3) is 5.91 Å². The number of imidazole rings is 1. The summed E-state index contributed by atoms with van der Waals surface area (Å²) in [6, 6.07) is 10.1. The number of hydrogen-bond acceptors (Lipinski definition) is 2. The molecule has 4 rings (SSSR count). The number of hydrogen-bond donors (Lipinski definition) is 1. The van der Waals surface area contributed by atoms with E-state index >= 15 is 0 Å². The van der Waals surface area contributed by atoms with Crippen molar-refractivity contribution in [3.63, 3.8) is 0 Å². The van der Waals surface area contributed by atoms with Crippen molar-refractivity contribution in [2.45, 2.75) is 46.1 Å². The average molecular weight is 350 g/mol. The third kappa shape index (κ3) is 2.81. The van der Waals surface area contributed by atoms with Crippen LogP contribution in [-0.2, 0) is 6.54 Å². The molecule has 136 valence electrons. The zero-order valence-electron chi connectivity index (χ0n) is 15.7. The summed E-state index contributed by atoms with van der Waals surface area (Å²) in [6.45, 7) is 8.68. The molecule has 1 aliphatic rings. The van der Waals surface area contributed by atoms with Gasteiger partial charge in [-0.2, -0.15) is 0 Å². The molecule has 0 unspecified atom stereocenters. The number of aromatic amines is 1. The van der Waals surface area contributed by atoms with Gasteiger partial charge in [0.1, 0.15) is 5.82 Å². The number of para-hydroxylation sites is 2. The number of benzene rings is 1. The second kappa shape index (κ2) is 6.63. The Bertz CT molecular complexity index is 919. The quantitative estimate of drug-likeness (QED) is 0.776. The Morgan fingerprint density at radius 1 is 1.31 bits per heavy atom. The van der Waals surface area contributed by atoms with E-state index in [0.717, 1.165) is 66.3 Å². The van der Waals surface area contributed by atoms with Crippen molar-refractivity contribution < 1.29 is 4.79 Å². The van der Waals surface area contributed by atoms with E-state index in [0.29, 0.717) is 0 Å². The highest BCUT2D eigenvalue weighted by molar-refractivity contribution is 5.95. The molecule has 3 aromatic rings. The lowest BCUT2D eigenvalue weighted by atomic mass is 9.96. The van der Waals surface area contributed by atoms with Crippen LogP contribution in [0.1, 0.15) is 53.3 Å². The molecule has 5 nitrogen and oxygen atoms in total. The van der Waals surface area contributed by atoms with Gasteiger partial charge in [0.15, 0.2) is 0 Å². The zero-order valence-corrected chi connectivity index (χ0v) is 15.7. The number of likely N-dealkylation sites (tertiary alicyclic amines) is 1. The first kappa shape index (κ1) is 16.9. The van der Waals surface area contributed by atoms with Crippen molar-refractivity contribution in [3.05, 3.63) is 53.1 Å². The Morgan fingerprint density at radius 2 is 2.12 bits per heavy atom. The average Bonchev–Trinajstić information content (AvgIpc) is 3.22. The van der Waals surface area contributed by atoms with Crippen LogP contribution >= 0.6 is 0 Å². The highest BCUT2D eigenvalue weighted by Crippen LogP contribution is 2.28. The number of nitrogens with zero attached hydrogens (tertiary/aromatic N) is 3. The van der Waals surface area contributed by atoms with Gasteiger partial charge in [0.05, 0.1) is 16.6 Å². The molecule has 0 saturated carbocycles. The highest BCUT2D eigenvalue weighted by Gasteiger charge is 2.29. The van der Waals surface area contributed by atoms with Crippen LogP contribution in [0.15, 0.2) is 30.3 Å². The van der Waals surface area contributed by atoms with Gasteiger partial charge in [-0.1, -0.05) is 12.1 Å². The molecular formula is C21H26N4O. The van der Waals surface area contributed by atoms with E-state index in [2.05, 4.69) is 29.5 Å². The Balaban J connectivity index is 1.57. The number of piperidine rings is 1. The Kier molecular flexibility index (Phi) is 4.31. The Morgan fingerprint density at radius 3 is 2.85 bits per heavy atom. The molecule has 0 aliphatic carbocycles. The van der Waals surface area contributed by atoms with E-state index in [4.69, 9.17) is 4.98 Å². The third-order valence-corrected chi connectivity index (χ3v) is 5.62. The number of rotatable bonds is 3. The van der Waals surface area contributed by atoms with Crippen LogP contribution in [0.3, 0.4) is 0 Å². The van der Waals surface area contributed by atoms with E-state index < -0.39 is 0 Å². The van der Waals surface area contributed by atoms with Gasteiger partial charge in [0, 0.05) is 36.9 Å². The molecule has 1 N–H and O–H groups in total. The Labute approximate surface area is 154 Å². The minimum atomic E-state index is 0.151. The molecule has 0 radical (unpaired) electrons. The van der Waals surface area contributed by atoms with Crippen LogP contribution in [0.5, 0.6) is 0 Å². The maximum Gasteiger partial charge on any atom is 0.255 e. The first-order valence-electron chi connectivity index (χ1n) is 9.49. The van der Waals surface area contributed by atoms with Crippen LogP contribution in [0.4, 0.5) is 0 Å². The summed E-state index contributed by atoms with van der Waals surface area (Å²) >= 11 is 0. The summed E-state index contributed by atoms with van der Waals surface area (Å²) < 4.78 is 2.20. The molecule has 3 heterocycles. The summed E-state index contributed by atoms with van der Waals surface area (Å²) in [4.78, 5) is 23.3. The molecule has 26 heavy (non-hydrogen) atoms. The topological polar surface area (TPSA) is 53.9 Å². The smallest absolute Gasteiger partial charge is 0.255 e. The number of carbonyl (C=O) groups is 1. The van der Waals surface area contributed by atoms with Gasteiger partial charge >= 0.3 is 0 Å². The lowest BCUT2D eigenvalue weighted by molar-refractivity contribution is 0.0704. The highest BCUT2D eigenvalue weighted by atomic mass is 16.2. The summed E-state index contributed by atoms with van der Waals surface area (Å²) in [7, 11) is 0. The molecule has 1 atom stereocenters. The maximum atomic E-state index is 13.1. The number of aromatic nitrogens is 3. The molecule has 0 bridgehead atoms. The van der Waals surface area contributed by atoms with Gasteiger partial charge in [-0.05, 0) is 51.8 Å². The second-order valence-electron chi connectivity index (χ2n) is 7.26. The minimum absolute atomic E-state index is 0.151. The van der Waals surface area contributed by atoms with Crippen molar-refractivity contribution in [3.8, 4) is 0 Å². The van der Waals surface area contributed by atoms with E-state index in [-0.39, 0.29) is 11.8 Å². The van der Waals surface area contributed by atoms with E-state index in [1.165, 1.54) is 0 Å². The van der Waals surface area contributed by atoms with Gasteiger partial charge in [-0.3, -0.25) is 4.79 Å². The summed E-state index contributed by atoms with van der Waals surface area (Å²) in [5.41, 5.74) is 5.13. The lowest BCUT2D eigenvalue weighted by Crippen LogP contribution is -2.39. The van der Waals surface area contributed by atoms with Crippen molar-refractivity contribution in [1.29, 1.82) is 0 Å². The predicted octanol–water partition coefficient (Wildman–Crippen LogP) is 4.02. The van der Waals surface area contributed by atoms with Crippen molar-refractivity contribution in [2.75, 3.05) is 13.1 Å². The molecule has 1 saturated heterocycles. The normalized spacial score (nSPS) is 17.8. The number of nitrogens with one attached hydrogen (secondary N) is 1. The second-order valence-corrected chi connectivity index (χ2v) is 7.26. The van der Waals surface area contributed by atoms with Crippen LogP contribution in [-0.4, -0.2) is 38.4 Å². The molecule has 1 aliphatic heterocycles. The predicted molar refractivity (Wildman–Crippen MR) is 104 cm³/mol. The number of carbonyl (C=O) groups excluding carboxylic acids is 1. The van der Waals surface area contributed by atoms with E-state index in [9.17, 15) is 4.79 Å². The fourth-order valence-electron chi connectivity index (χ4n) is 4.23. The molecule has 2 aromatic heterocycles. The first-order chi connectivity index (χ1) is 12.6. The number of H-pyrrole nitrogens is 1. The van der Waals surface area contributed by atoms with Crippen LogP contribution < -0.4 is 0 Å². The number of aryl methyl sites for hydroxylation is 1. The fraction of sp³-hybridized carbons (Fsp3) is 0.429.